The van der Waals surface area contributed by atoms with Crippen molar-refractivity contribution < 1.29 is 0 Å². The van der Waals surface area contributed by atoms with E-state index < -0.39 is 0 Å². The molecule has 0 bridgehead atoms. The summed E-state index contributed by atoms with van der Waals surface area (Å²) in [5.74, 6) is 0.987. The Bertz CT molecular complexity index is 530. The summed E-state index contributed by atoms with van der Waals surface area (Å²) in [6, 6.07) is 4.16. The van der Waals surface area contributed by atoms with Crippen LogP contribution in [0.1, 0.15) is 5.82 Å². The first-order chi connectivity index (χ1) is 9.83. The Labute approximate surface area is 119 Å². The average Bonchev–Trinajstić information content (AvgIpc) is 2.92. The van der Waals surface area contributed by atoms with Gasteiger partial charge < -0.3 is 9.47 Å². The summed E-state index contributed by atoms with van der Waals surface area (Å²) >= 11 is 0. The molecule has 3 rings (SSSR count). The number of rotatable bonds is 4. The van der Waals surface area contributed by atoms with Crippen molar-refractivity contribution in [1.29, 1.82) is 0 Å². The second kappa shape index (κ2) is 6.00. The predicted molar refractivity (Wildman–Crippen MR) is 77.6 cm³/mol. The van der Waals surface area contributed by atoms with Gasteiger partial charge in [0.2, 0.25) is 0 Å². The van der Waals surface area contributed by atoms with Crippen LogP contribution in [0.3, 0.4) is 0 Å². The molecule has 0 atom stereocenters. The molecule has 0 unspecified atom stereocenters. The highest BCUT2D eigenvalue weighted by Gasteiger charge is 2.16. The van der Waals surface area contributed by atoms with E-state index in [0.29, 0.717) is 0 Å². The van der Waals surface area contributed by atoms with E-state index in [1.165, 1.54) is 5.69 Å². The molecular formula is C14H20N6. The molecule has 0 aromatic carbocycles. The Morgan fingerprint density at radius 3 is 2.45 bits per heavy atom. The van der Waals surface area contributed by atoms with Crippen LogP contribution in [0.25, 0.3) is 0 Å². The lowest BCUT2D eigenvalue weighted by molar-refractivity contribution is 0.247. The Hall–Kier alpha value is -1.95. The Morgan fingerprint density at radius 2 is 1.80 bits per heavy atom. The van der Waals surface area contributed by atoms with Gasteiger partial charge in [0.05, 0.1) is 0 Å². The number of piperazine rings is 1. The second-order valence-corrected chi connectivity index (χ2v) is 5.11. The van der Waals surface area contributed by atoms with E-state index >= 15 is 0 Å². The summed E-state index contributed by atoms with van der Waals surface area (Å²) < 4.78 is 2.11. The van der Waals surface area contributed by atoms with Gasteiger partial charge in [0, 0.05) is 57.3 Å². The molecule has 0 aliphatic carbocycles. The third-order valence-corrected chi connectivity index (χ3v) is 3.87. The Morgan fingerprint density at radius 1 is 1.05 bits per heavy atom. The van der Waals surface area contributed by atoms with Crippen molar-refractivity contribution in [2.75, 3.05) is 37.6 Å². The largest absolute Gasteiger partial charge is 0.369 e. The van der Waals surface area contributed by atoms with Crippen LogP contribution in [-0.2, 0) is 6.54 Å². The van der Waals surface area contributed by atoms with Gasteiger partial charge in [-0.15, -0.1) is 10.2 Å². The van der Waals surface area contributed by atoms with Crippen LogP contribution in [0.5, 0.6) is 0 Å². The first-order valence-corrected chi connectivity index (χ1v) is 7.04. The molecule has 0 radical (unpaired) electrons. The highest BCUT2D eigenvalue weighted by molar-refractivity contribution is 5.44. The van der Waals surface area contributed by atoms with E-state index in [2.05, 4.69) is 41.7 Å². The molecule has 6 nitrogen and oxygen atoms in total. The van der Waals surface area contributed by atoms with Crippen molar-refractivity contribution in [2.24, 2.45) is 0 Å². The van der Waals surface area contributed by atoms with Crippen LogP contribution in [0, 0.1) is 6.92 Å². The zero-order valence-corrected chi connectivity index (χ0v) is 11.8. The maximum Gasteiger partial charge on any atom is 0.129 e. The molecule has 6 heteroatoms. The van der Waals surface area contributed by atoms with Crippen molar-refractivity contribution in [3.8, 4) is 0 Å². The van der Waals surface area contributed by atoms with Crippen LogP contribution < -0.4 is 4.90 Å². The first-order valence-electron chi connectivity index (χ1n) is 7.04. The molecule has 2 aromatic rings. The summed E-state index contributed by atoms with van der Waals surface area (Å²) in [6.07, 6.45) is 5.52. The van der Waals surface area contributed by atoms with Gasteiger partial charge in [-0.3, -0.25) is 9.88 Å². The molecule has 0 amide bonds. The van der Waals surface area contributed by atoms with Gasteiger partial charge in [-0.25, -0.2) is 0 Å². The second-order valence-electron chi connectivity index (χ2n) is 5.11. The number of nitrogens with zero attached hydrogens (tertiary/aromatic N) is 6. The quantitative estimate of drug-likeness (QED) is 0.824. The molecule has 20 heavy (non-hydrogen) atoms. The Kier molecular flexibility index (Phi) is 3.92. The van der Waals surface area contributed by atoms with Crippen LogP contribution in [0.15, 0.2) is 30.9 Å². The van der Waals surface area contributed by atoms with Crippen molar-refractivity contribution in [1.82, 2.24) is 24.6 Å². The van der Waals surface area contributed by atoms with Crippen LogP contribution in [0.4, 0.5) is 5.69 Å². The van der Waals surface area contributed by atoms with Crippen molar-refractivity contribution >= 4 is 5.69 Å². The topological polar surface area (TPSA) is 50.1 Å². The predicted octanol–water partition coefficient (Wildman–Crippen LogP) is 0.804. The SMILES string of the molecule is Cc1nncn1CCN1CCN(c2ccncc2)CC1. The summed E-state index contributed by atoms with van der Waals surface area (Å²) in [7, 11) is 0. The van der Waals surface area contributed by atoms with Gasteiger partial charge in [0.15, 0.2) is 0 Å². The van der Waals surface area contributed by atoms with Gasteiger partial charge >= 0.3 is 0 Å². The minimum absolute atomic E-state index is 0.966. The minimum atomic E-state index is 0.966. The normalized spacial score (nSPS) is 16.6. The number of hydrogen-bond acceptors (Lipinski definition) is 5. The van der Waals surface area contributed by atoms with E-state index in [9.17, 15) is 0 Å². The van der Waals surface area contributed by atoms with Crippen molar-refractivity contribution in [3.05, 3.63) is 36.7 Å². The van der Waals surface area contributed by atoms with Crippen LogP contribution in [0.2, 0.25) is 0 Å². The van der Waals surface area contributed by atoms with Crippen molar-refractivity contribution in [2.45, 2.75) is 13.5 Å². The lowest BCUT2D eigenvalue weighted by Crippen LogP contribution is -2.47. The van der Waals surface area contributed by atoms with E-state index in [4.69, 9.17) is 0 Å². The van der Waals surface area contributed by atoms with Gasteiger partial charge in [-0.05, 0) is 19.1 Å². The zero-order valence-electron chi connectivity index (χ0n) is 11.8. The maximum atomic E-state index is 4.07. The van der Waals surface area contributed by atoms with Gasteiger partial charge in [-0.2, -0.15) is 0 Å². The average molecular weight is 272 g/mol. The number of aryl methyl sites for hydroxylation is 1. The molecule has 0 N–H and O–H groups in total. The fourth-order valence-corrected chi connectivity index (χ4v) is 2.57. The first kappa shape index (κ1) is 13.1. The summed E-state index contributed by atoms with van der Waals surface area (Å²) in [6.45, 7) is 8.37. The third-order valence-electron chi connectivity index (χ3n) is 3.87. The van der Waals surface area contributed by atoms with Gasteiger partial charge in [-0.1, -0.05) is 0 Å². The van der Waals surface area contributed by atoms with E-state index in [1.807, 2.05) is 25.6 Å². The zero-order chi connectivity index (χ0) is 13.8. The van der Waals surface area contributed by atoms with Gasteiger partial charge in [0.25, 0.3) is 0 Å². The lowest BCUT2D eigenvalue weighted by Gasteiger charge is -2.36. The molecule has 1 aliphatic heterocycles. The molecule has 2 aromatic heterocycles. The Balaban J connectivity index is 1.48. The number of hydrogen-bond donors (Lipinski definition) is 0. The number of anilines is 1. The van der Waals surface area contributed by atoms with Crippen LogP contribution >= 0.6 is 0 Å². The standard InChI is InChI=1S/C14H20N6/c1-13-17-16-12-20(13)11-8-18-6-9-19(10-7-18)14-2-4-15-5-3-14/h2-5,12H,6-11H2,1H3. The lowest BCUT2D eigenvalue weighted by atomic mass is 10.2. The smallest absolute Gasteiger partial charge is 0.129 e. The minimum Gasteiger partial charge on any atom is -0.369 e. The number of aromatic nitrogens is 4. The van der Waals surface area contributed by atoms with E-state index in [0.717, 1.165) is 45.1 Å². The van der Waals surface area contributed by atoms with Crippen molar-refractivity contribution in [3.63, 3.8) is 0 Å². The molecule has 1 aliphatic rings. The van der Waals surface area contributed by atoms with E-state index in [1.54, 1.807) is 0 Å². The monoisotopic (exact) mass is 272 g/mol. The molecule has 0 spiro atoms. The third kappa shape index (κ3) is 2.96. The molecule has 0 saturated carbocycles. The molecular weight excluding hydrogens is 252 g/mol. The highest BCUT2D eigenvalue weighted by Crippen LogP contribution is 2.14. The van der Waals surface area contributed by atoms with Gasteiger partial charge in [0.1, 0.15) is 12.2 Å². The fourth-order valence-electron chi connectivity index (χ4n) is 2.57. The molecule has 106 valence electrons. The summed E-state index contributed by atoms with van der Waals surface area (Å²) in [4.78, 5) is 8.99. The maximum absolute atomic E-state index is 4.07. The number of pyridine rings is 1. The summed E-state index contributed by atoms with van der Waals surface area (Å²) in [5.41, 5.74) is 1.27. The fraction of sp³-hybridized carbons (Fsp3) is 0.500. The molecule has 1 saturated heterocycles. The molecule has 3 heterocycles. The van der Waals surface area contributed by atoms with E-state index in [-0.39, 0.29) is 0 Å². The molecule has 1 fully saturated rings. The summed E-state index contributed by atoms with van der Waals surface area (Å²) in [5, 5.41) is 7.93. The van der Waals surface area contributed by atoms with Crippen LogP contribution in [-0.4, -0.2) is 57.4 Å². The highest BCUT2D eigenvalue weighted by atomic mass is 15.3.